The molecule has 1 heterocycles. The second-order valence-electron chi connectivity index (χ2n) is 4.53. The molecular formula is C12H15N3O. The van der Waals surface area contributed by atoms with Crippen LogP contribution in [0.4, 0.5) is 5.95 Å². The van der Waals surface area contributed by atoms with Gasteiger partial charge in [0.15, 0.2) is 0 Å². The SMILES string of the molecule is OC1(CNc2nc3ccccc3[nH]2)CCC1. The zero-order valence-electron chi connectivity index (χ0n) is 9.03. The highest BCUT2D eigenvalue weighted by atomic mass is 16.3. The topological polar surface area (TPSA) is 60.9 Å². The van der Waals surface area contributed by atoms with Crippen LogP contribution in [0.2, 0.25) is 0 Å². The van der Waals surface area contributed by atoms with Crippen LogP contribution < -0.4 is 5.32 Å². The maximum atomic E-state index is 9.94. The van der Waals surface area contributed by atoms with Gasteiger partial charge >= 0.3 is 0 Å². The van der Waals surface area contributed by atoms with Crippen molar-refractivity contribution in [2.45, 2.75) is 24.9 Å². The fourth-order valence-electron chi connectivity index (χ4n) is 2.05. The van der Waals surface area contributed by atoms with Crippen molar-refractivity contribution in [3.63, 3.8) is 0 Å². The van der Waals surface area contributed by atoms with E-state index in [0.29, 0.717) is 6.54 Å². The van der Waals surface area contributed by atoms with Crippen LogP contribution in [0.25, 0.3) is 11.0 Å². The number of para-hydroxylation sites is 2. The molecular weight excluding hydrogens is 202 g/mol. The number of nitrogens with zero attached hydrogens (tertiary/aromatic N) is 1. The van der Waals surface area contributed by atoms with Crippen LogP contribution in [-0.2, 0) is 0 Å². The normalized spacial score (nSPS) is 18.3. The number of benzene rings is 1. The first-order chi connectivity index (χ1) is 7.75. The van der Waals surface area contributed by atoms with Crippen molar-refractivity contribution >= 4 is 17.0 Å². The van der Waals surface area contributed by atoms with Gasteiger partial charge in [-0.1, -0.05) is 12.1 Å². The van der Waals surface area contributed by atoms with Gasteiger partial charge in [-0.3, -0.25) is 0 Å². The Labute approximate surface area is 93.7 Å². The molecule has 0 saturated heterocycles. The van der Waals surface area contributed by atoms with Gasteiger partial charge in [0.25, 0.3) is 0 Å². The highest BCUT2D eigenvalue weighted by Gasteiger charge is 2.34. The monoisotopic (exact) mass is 217 g/mol. The largest absolute Gasteiger partial charge is 0.388 e. The van der Waals surface area contributed by atoms with Gasteiger partial charge in [-0.25, -0.2) is 4.98 Å². The van der Waals surface area contributed by atoms with E-state index < -0.39 is 5.60 Å². The van der Waals surface area contributed by atoms with Gasteiger partial charge in [0.05, 0.1) is 16.6 Å². The van der Waals surface area contributed by atoms with E-state index in [0.717, 1.165) is 36.2 Å². The van der Waals surface area contributed by atoms with E-state index in [4.69, 9.17) is 0 Å². The first kappa shape index (κ1) is 9.66. The number of aromatic nitrogens is 2. The van der Waals surface area contributed by atoms with Crippen LogP contribution in [0, 0.1) is 0 Å². The Kier molecular flexibility index (Phi) is 2.11. The zero-order chi connectivity index (χ0) is 11.0. The summed E-state index contributed by atoms with van der Waals surface area (Å²) in [7, 11) is 0. The Morgan fingerprint density at radius 2 is 2.19 bits per heavy atom. The van der Waals surface area contributed by atoms with Crippen molar-refractivity contribution in [1.29, 1.82) is 0 Å². The molecule has 1 aliphatic rings. The Morgan fingerprint density at radius 1 is 1.38 bits per heavy atom. The molecule has 0 spiro atoms. The molecule has 0 unspecified atom stereocenters. The molecule has 1 aromatic carbocycles. The molecule has 0 radical (unpaired) electrons. The number of rotatable bonds is 3. The van der Waals surface area contributed by atoms with Crippen LogP contribution in [0.15, 0.2) is 24.3 Å². The third-order valence-corrected chi connectivity index (χ3v) is 3.26. The molecule has 16 heavy (non-hydrogen) atoms. The number of H-pyrrole nitrogens is 1. The first-order valence-electron chi connectivity index (χ1n) is 5.66. The predicted molar refractivity (Wildman–Crippen MR) is 63.4 cm³/mol. The number of imidazole rings is 1. The van der Waals surface area contributed by atoms with Gasteiger partial charge in [0, 0.05) is 6.54 Å². The smallest absolute Gasteiger partial charge is 0.201 e. The number of aliphatic hydroxyl groups is 1. The molecule has 4 nitrogen and oxygen atoms in total. The van der Waals surface area contributed by atoms with Gasteiger partial charge < -0.3 is 15.4 Å². The van der Waals surface area contributed by atoms with Crippen molar-refractivity contribution in [3.8, 4) is 0 Å². The lowest BCUT2D eigenvalue weighted by Gasteiger charge is -2.36. The lowest BCUT2D eigenvalue weighted by atomic mass is 9.80. The van der Waals surface area contributed by atoms with Gasteiger partial charge in [0.1, 0.15) is 0 Å². The highest BCUT2D eigenvalue weighted by Crippen LogP contribution is 2.31. The zero-order valence-corrected chi connectivity index (χ0v) is 9.03. The average Bonchev–Trinajstić information content (AvgIpc) is 2.66. The highest BCUT2D eigenvalue weighted by molar-refractivity contribution is 5.77. The second-order valence-corrected chi connectivity index (χ2v) is 4.53. The van der Waals surface area contributed by atoms with Crippen molar-refractivity contribution in [2.75, 3.05) is 11.9 Å². The van der Waals surface area contributed by atoms with Crippen LogP contribution in [0.5, 0.6) is 0 Å². The van der Waals surface area contributed by atoms with Crippen LogP contribution >= 0.6 is 0 Å². The summed E-state index contributed by atoms with van der Waals surface area (Å²) in [6.07, 6.45) is 2.90. The van der Waals surface area contributed by atoms with E-state index >= 15 is 0 Å². The maximum Gasteiger partial charge on any atom is 0.201 e. The lowest BCUT2D eigenvalue weighted by molar-refractivity contribution is -0.0203. The Morgan fingerprint density at radius 3 is 2.88 bits per heavy atom. The summed E-state index contributed by atoms with van der Waals surface area (Å²) in [4.78, 5) is 7.58. The van der Waals surface area contributed by atoms with E-state index in [1.165, 1.54) is 0 Å². The summed E-state index contributed by atoms with van der Waals surface area (Å²) >= 11 is 0. The summed E-state index contributed by atoms with van der Waals surface area (Å²) < 4.78 is 0. The fourth-order valence-corrected chi connectivity index (χ4v) is 2.05. The fraction of sp³-hybridized carbons (Fsp3) is 0.417. The molecule has 3 N–H and O–H groups in total. The molecule has 4 heteroatoms. The number of fused-ring (bicyclic) bond motifs is 1. The standard InChI is InChI=1S/C12H15N3O/c16-12(6-3-7-12)8-13-11-14-9-4-1-2-5-10(9)15-11/h1-2,4-5,16H,3,6-8H2,(H2,13,14,15). The molecule has 2 aromatic rings. The minimum atomic E-state index is -0.515. The van der Waals surface area contributed by atoms with E-state index in [2.05, 4.69) is 15.3 Å². The average molecular weight is 217 g/mol. The minimum absolute atomic E-state index is 0.515. The molecule has 1 aromatic heterocycles. The van der Waals surface area contributed by atoms with E-state index in [1.54, 1.807) is 0 Å². The van der Waals surface area contributed by atoms with Crippen LogP contribution in [-0.4, -0.2) is 27.2 Å². The van der Waals surface area contributed by atoms with Crippen molar-refractivity contribution in [1.82, 2.24) is 9.97 Å². The van der Waals surface area contributed by atoms with E-state index in [9.17, 15) is 5.11 Å². The lowest BCUT2D eigenvalue weighted by Crippen LogP contribution is -2.43. The van der Waals surface area contributed by atoms with Crippen molar-refractivity contribution < 1.29 is 5.11 Å². The van der Waals surface area contributed by atoms with Gasteiger partial charge in [-0.05, 0) is 31.4 Å². The first-order valence-corrected chi connectivity index (χ1v) is 5.66. The molecule has 84 valence electrons. The quantitative estimate of drug-likeness (QED) is 0.735. The van der Waals surface area contributed by atoms with Gasteiger partial charge in [-0.2, -0.15) is 0 Å². The minimum Gasteiger partial charge on any atom is -0.388 e. The maximum absolute atomic E-state index is 9.94. The summed E-state index contributed by atoms with van der Waals surface area (Å²) in [5, 5.41) is 13.1. The molecule has 0 bridgehead atoms. The summed E-state index contributed by atoms with van der Waals surface area (Å²) in [6.45, 7) is 0.576. The molecule has 3 rings (SSSR count). The third kappa shape index (κ3) is 1.65. The summed E-state index contributed by atoms with van der Waals surface area (Å²) in [5.41, 5.74) is 1.45. The second kappa shape index (κ2) is 3.49. The van der Waals surface area contributed by atoms with Crippen LogP contribution in [0.1, 0.15) is 19.3 Å². The van der Waals surface area contributed by atoms with Crippen LogP contribution in [0.3, 0.4) is 0 Å². The third-order valence-electron chi connectivity index (χ3n) is 3.26. The van der Waals surface area contributed by atoms with Gasteiger partial charge in [0.2, 0.25) is 5.95 Å². The number of aromatic amines is 1. The molecule has 0 atom stereocenters. The number of hydrogen-bond acceptors (Lipinski definition) is 3. The summed E-state index contributed by atoms with van der Waals surface area (Å²) in [5.74, 6) is 0.738. The molecule has 0 aliphatic heterocycles. The van der Waals surface area contributed by atoms with Crippen molar-refractivity contribution in [2.24, 2.45) is 0 Å². The van der Waals surface area contributed by atoms with E-state index in [1.807, 2.05) is 24.3 Å². The Balaban J connectivity index is 1.74. The Hall–Kier alpha value is -1.55. The number of anilines is 1. The van der Waals surface area contributed by atoms with Gasteiger partial charge in [-0.15, -0.1) is 0 Å². The number of hydrogen-bond donors (Lipinski definition) is 3. The number of nitrogens with one attached hydrogen (secondary N) is 2. The van der Waals surface area contributed by atoms with Crippen molar-refractivity contribution in [3.05, 3.63) is 24.3 Å². The molecule has 1 fully saturated rings. The molecule has 0 amide bonds. The molecule has 1 saturated carbocycles. The predicted octanol–water partition coefficient (Wildman–Crippen LogP) is 1.89. The summed E-state index contributed by atoms with van der Waals surface area (Å²) in [6, 6.07) is 7.90. The van der Waals surface area contributed by atoms with E-state index in [-0.39, 0.29) is 0 Å². The molecule has 1 aliphatic carbocycles. The Bertz CT molecular complexity index is 469.